The SMILES string of the molecule is CN(C)C(=O)Sc1ccccc1NC(=O)c1ccc(S(=O)(=O)NC2CC2)cc1. The molecule has 0 saturated heterocycles. The third-order valence-corrected chi connectivity index (χ3v) is 6.68. The van der Waals surface area contributed by atoms with E-state index in [0.29, 0.717) is 16.1 Å². The first-order valence-electron chi connectivity index (χ1n) is 8.68. The van der Waals surface area contributed by atoms with Crippen LogP contribution < -0.4 is 10.0 Å². The van der Waals surface area contributed by atoms with Crippen LogP contribution in [0.1, 0.15) is 23.2 Å². The molecule has 9 heteroatoms. The van der Waals surface area contributed by atoms with Gasteiger partial charge in [-0.25, -0.2) is 13.1 Å². The summed E-state index contributed by atoms with van der Waals surface area (Å²) in [5.74, 6) is -0.385. The van der Waals surface area contributed by atoms with E-state index in [2.05, 4.69) is 10.0 Å². The molecule has 0 unspecified atom stereocenters. The van der Waals surface area contributed by atoms with Crippen molar-refractivity contribution in [2.45, 2.75) is 28.7 Å². The lowest BCUT2D eigenvalue weighted by molar-refractivity contribution is 0.102. The van der Waals surface area contributed by atoms with Gasteiger partial charge in [0, 0.05) is 30.6 Å². The first-order valence-corrected chi connectivity index (χ1v) is 11.0. The molecule has 0 heterocycles. The summed E-state index contributed by atoms with van der Waals surface area (Å²) in [4.78, 5) is 26.7. The van der Waals surface area contributed by atoms with Gasteiger partial charge in [0.05, 0.1) is 10.6 Å². The van der Waals surface area contributed by atoms with Crippen LogP contribution in [0.3, 0.4) is 0 Å². The van der Waals surface area contributed by atoms with E-state index < -0.39 is 10.0 Å². The second-order valence-electron chi connectivity index (χ2n) is 6.63. The van der Waals surface area contributed by atoms with E-state index in [0.717, 1.165) is 24.6 Å². The van der Waals surface area contributed by atoms with Gasteiger partial charge in [-0.1, -0.05) is 12.1 Å². The average molecular weight is 420 g/mol. The van der Waals surface area contributed by atoms with Crippen LogP contribution in [0.25, 0.3) is 0 Å². The second-order valence-corrected chi connectivity index (χ2v) is 9.34. The highest BCUT2D eigenvalue weighted by Crippen LogP contribution is 2.29. The summed E-state index contributed by atoms with van der Waals surface area (Å²) in [5.41, 5.74) is 0.837. The number of benzene rings is 2. The van der Waals surface area contributed by atoms with Gasteiger partial charge in [0.15, 0.2) is 0 Å². The van der Waals surface area contributed by atoms with E-state index in [-0.39, 0.29) is 22.1 Å². The van der Waals surface area contributed by atoms with Crippen LogP contribution in [0, 0.1) is 0 Å². The number of para-hydroxylation sites is 1. The molecule has 2 amide bonds. The number of carbonyl (C=O) groups excluding carboxylic acids is 2. The van der Waals surface area contributed by atoms with Gasteiger partial charge in [-0.3, -0.25) is 9.59 Å². The van der Waals surface area contributed by atoms with Crippen LogP contribution in [-0.2, 0) is 10.0 Å². The van der Waals surface area contributed by atoms with Crippen LogP contribution in [0.4, 0.5) is 10.5 Å². The van der Waals surface area contributed by atoms with Crippen molar-refractivity contribution in [1.29, 1.82) is 0 Å². The molecule has 2 N–H and O–H groups in total. The second kappa shape index (κ2) is 8.34. The summed E-state index contributed by atoms with van der Waals surface area (Å²) in [7, 11) is -0.240. The number of carbonyl (C=O) groups is 2. The first kappa shape index (κ1) is 20.4. The van der Waals surface area contributed by atoms with E-state index in [1.807, 2.05) is 0 Å². The van der Waals surface area contributed by atoms with Gasteiger partial charge in [0.1, 0.15) is 0 Å². The number of amides is 2. The Balaban J connectivity index is 1.72. The highest BCUT2D eigenvalue weighted by atomic mass is 32.2. The Labute approximate surface area is 168 Å². The molecule has 0 aromatic heterocycles. The Hall–Kier alpha value is -2.36. The fourth-order valence-corrected chi connectivity index (χ4v) is 4.36. The zero-order valence-corrected chi connectivity index (χ0v) is 17.1. The number of thioether (sulfide) groups is 1. The zero-order valence-electron chi connectivity index (χ0n) is 15.5. The Morgan fingerprint density at radius 3 is 2.29 bits per heavy atom. The summed E-state index contributed by atoms with van der Waals surface area (Å²) in [5, 5.41) is 2.62. The molecule has 0 aliphatic heterocycles. The van der Waals surface area contributed by atoms with Crippen molar-refractivity contribution in [3.05, 3.63) is 54.1 Å². The first-order chi connectivity index (χ1) is 13.3. The van der Waals surface area contributed by atoms with Gasteiger partial charge in [0.2, 0.25) is 10.0 Å². The quantitative estimate of drug-likeness (QED) is 0.702. The number of sulfonamides is 1. The maximum atomic E-state index is 12.6. The van der Waals surface area contributed by atoms with Crippen LogP contribution in [-0.4, -0.2) is 44.6 Å². The van der Waals surface area contributed by atoms with Crippen LogP contribution in [0.15, 0.2) is 58.3 Å². The standard InChI is InChI=1S/C19H21N3O4S2/c1-22(2)19(24)27-17-6-4-3-5-16(17)20-18(23)13-7-11-15(12-8-13)28(25,26)21-14-9-10-14/h3-8,11-12,14,21H,9-10H2,1-2H3,(H,20,23). The molecule has 1 aliphatic rings. The fraction of sp³-hybridized carbons (Fsp3) is 0.263. The molecular weight excluding hydrogens is 398 g/mol. The molecule has 3 rings (SSSR count). The molecule has 2 aromatic carbocycles. The average Bonchev–Trinajstić information content (AvgIpc) is 3.46. The molecule has 28 heavy (non-hydrogen) atoms. The maximum Gasteiger partial charge on any atom is 0.286 e. The summed E-state index contributed by atoms with van der Waals surface area (Å²) >= 11 is 1.02. The zero-order chi connectivity index (χ0) is 20.3. The number of rotatable bonds is 6. The van der Waals surface area contributed by atoms with Gasteiger partial charge in [-0.15, -0.1) is 0 Å². The Bertz CT molecular complexity index is 984. The van der Waals surface area contributed by atoms with E-state index >= 15 is 0 Å². The Kier molecular flexibility index (Phi) is 6.07. The lowest BCUT2D eigenvalue weighted by Gasteiger charge is -2.13. The minimum absolute atomic E-state index is 0.0202. The lowest BCUT2D eigenvalue weighted by Crippen LogP contribution is -2.25. The molecule has 1 saturated carbocycles. The van der Waals surface area contributed by atoms with Gasteiger partial charge < -0.3 is 10.2 Å². The van der Waals surface area contributed by atoms with Crippen molar-refractivity contribution >= 4 is 38.6 Å². The highest BCUT2D eigenvalue weighted by Gasteiger charge is 2.28. The summed E-state index contributed by atoms with van der Waals surface area (Å²) in [6, 6.07) is 12.8. The van der Waals surface area contributed by atoms with Crippen molar-refractivity contribution in [3.63, 3.8) is 0 Å². The minimum atomic E-state index is -3.55. The van der Waals surface area contributed by atoms with Crippen molar-refractivity contribution < 1.29 is 18.0 Å². The van der Waals surface area contributed by atoms with Crippen molar-refractivity contribution in [2.75, 3.05) is 19.4 Å². The molecule has 7 nitrogen and oxygen atoms in total. The number of anilines is 1. The normalized spacial score (nSPS) is 13.8. The van der Waals surface area contributed by atoms with Crippen LogP contribution in [0.2, 0.25) is 0 Å². The largest absolute Gasteiger partial charge is 0.339 e. The van der Waals surface area contributed by atoms with Gasteiger partial charge in [-0.2, -0.15) is 0 Å². The molecule has 0 atom stereocenters. The monoisotopic (exact) mass is 419 g/mol. The summed E-state index contributed by atoms with van der Waals surface area (Å²) < 4.78 is 27.0. The summed E-state index contributed by atoms with van der Waals surface area (Å²) in [6.45, 7) is 0. The fourth-order valence-electron chi connectivity index (χ4n) is 2.31. The van der Waals surface area contributed by atoms with E-state index in [9.17, 15) is 18.0 Å². The molecule has 1 aliphatic carbocycles. The van der Waals surface area contributed by atoms with E-state index in [1.54, 1.807) is 38.4 Å². The Morgan fingerprint density at radius 2 is 1.68 bits per heavy atom. The molecule has 148 valence electrons. The number of nitrogens with one attached hydrogen (secondary N) is 2. The molecule has 0 bridgehead atoms. The molecule has 1 fully saturated rings. The van der Waals surface area contributed by atoms with Crippen molar-refractivity contribution in [2.24, 2.45) is 0 Å². The summed E-state index contributed by atoms with van der Waals surface area (Å²) in [6.07, 6.45) is 1.71. The van der Waals surface area contributed by atoms with E-state index in [4.69, 9.17) is 0 Å². The predicted octanol–water partition coefficient (Wildman–Crippen LogP) is 3.15. The molecule has 2 aromatic rings. The number of hydrogen-bond acceptors (Lipinski definition) is 5. The van der Waals surface area contributed by atoms with Crippen LogP contribution in [0.5, 0.6) is 0 Å². The predicted molar refractivity (Wildman–Crippen MR) is 109 cm³/mol. The Morgan fingerprint density at radius 1 is 1.04 bits per heavy atom. The van der Waals surface area contributed by atoms with Crippen molar-refractivity contribution in [1.82, 2.24) is 9.62 Å². The van der Waals surface area contributed by atoms with Crippen molar-refractivity contribution in [3.8, 4) is 0 Å². The topological polar surface area (TPSA) is 95.6 Å². The molecular formula is C19H21N3O4S2. The smallest absolute Gasteiger partial charge is 0.286 e. The number of hydrogen-bond donors (Lipinski definition) is 2. The number of nitrogens with zero attached hydrogens (tertiary/aromatic N) is 1. The maximum absolute atomic E-state index is 12.6. The van der Waals surface area contributed by atoms with Gasteiger partial charge in [0.25, 0.3) is 11.1 Å². The molecule has 0 spiro atoms. The van der Waals surface area contributed by atoms with Gasteiger partial charge in [-0.05, 0) is 61.0 Å². The van der Waals surface area contributed by atoms with Gasteiger partial charge >= 0.3 is 0 Å². The third kappa shape index (κ3) is 5.12. The third-order valence-electron chi connectivity index (χ3n) is 4.02. The lowest BCUT2D eigenvalue weighted by atomic mass is 10.2. The van der Waals surface area contributed by atoms with Crippen LogP contribution >= 0.6 is 11.8 Å². The minimum Gasteiger partial charge on any atom is -0.339 e. The van der Waals surface area contributed by atoms with E-state index in [1.165, 1.54) is 29.2 Å². The highest BCUT2D eigenvalue weighted by molar-refractivity contribution is 8.13. The molecule has 0 radical (unpaired) electrons.